The fraction of sp³-hybridized carbons (Fsp3) is 0.318. The van der Waals surface area contributed by atoms with Crippen LogP contribution in [-0.2, 0) is 5.54 Å². The number of fused-ring (bicyclic) bond motifs is 1. The molecule has 136 valence electrons. The number of benzene rings is 2. The van der Waals surface area contributed by atoms with E-state index < -0.39 is 5.54 Å². The van der Waals surface area contributed by atoms with Crippen molar-refractivity contribution in [2.45, 2.75) is 26.3 Å². The molecule has 1 aliphatic rings. The van der Waals surface area contributed by atoms with Crippen molar-refractivity contribution in [1.29, 1.82) is 0 Å². The average molecular weight is 350 g/mol. The maximum atomic E-state index is 12.6. The Morgan fingerprint density at radius 2 is 1.88 bits per heavy atom. The smallest absolute Gasteiger partial charge is 0.252 e. The van der Waals surface area contributed by atoms with Crippen LogP contribution in [0.4, 0.5) is 0 Å². The monoisotopic (exact) mass is 350 g/mol. The zero-order chi connectivity index (χ0) is 19.1. The van der Waals surface area contributed by atoms with Gasteiger partial charge in [-0.2, -0.15) is 0 Å². The molecular weight excluding hydrogens is 324 g/mol. The Hall–Kier alpha value is -2.59. The predicted octanol–water partition coefficient (Wildman–Crippen LogP) is 3.69. The summed E-state index contributed by atoms with van der Waals surface area (Å²) in [5, 5.41) is 13.2. The molecule has 26 heavy (non-hydrogen) atoms. The van der Waals surface area contributed by atoms with Gasteiger partial charge in [0.1, 0.15) is 5.75 Å². The fourth-order valence-corrected chi connectivity index (χ4v) is 4.04. The molecule has 0 radical (unpaired) electrons. The minimum atomic E-state index is -0.697. The first-order chi connectivity index (χ1) is 12.2. The van der Waals surface area contributed by atoms with Crippen LogP contribution in [0, 0.1) is 6.92 Å². The summed E-state index contributed by atoms with van der Waals surface area (Å²) in [5.41, 5.74) is 5.28. The summed E-state index contributed by atoms with van der Waals surface area (Å²) in [5.74, 6) is 0.0621. The highest BCUT2D eigenvalue weighted by molar-refractivity contribution is 6.03. The molecule has 0 aliphatic carbocycles. The molecule has 0 saturated carbocycles. The zero-order valence-electron chi connectivity index (χ0n) is 16.1. The summed E-state index contributed by atoms with van der Waals surface area (Å²) in [4.78, 5) is 14.8. The second-order valence-corrected chi connectivity index (χ2v) is 7.52. The van der Waals surface area contributed by atoms with E-state index in [1.54, 1.807) is 18.2 Å². The summed E-state index contributed by atoms with van der Waals surface area (Å²) < 4.78 is 0. The number of amides is 1. The molecule has 1 unspecified atom stereocenters. The van der Waals surface area contributed by atoms with Gasteiger partial charge < -0.3 is 15.3 Å². The summed E-state index contributed by atoms with van der Waals surface area (Å²) in [6.45, 7) is 7.00. The number of carbonyl (C=O) groups is 1. The Labute approximate surface area is 155 Å². The number of aryl methyl sites for hydroxylation is 1. The van der Waals surface area contributed by atoms with Crippen LogP contribution in [0.1, 0.15) is 40.9 Å². The van der Waals surface area contributed by atoms with Crippen molar-refractivity contribution in [3.63, 3.8) is 0 Å². The molecular formula is C22H26N2O2. The van der Waals surface area contributed by atoms with Gasteiger partial charge in [0, 0.05) is 12.1 Å². The number of rotatable bonds is 4. The van der Waals surface area contributed by atoms with Gasteiger partial charge in [0.25, 0.3) is 5.91 Å². The lowest BCUT2D eigenvalue weighted by Gasteiger charge is -2.33. The van der Waals surface area contributed by atoms with E-state index in [9.17, 15) is 9.90 Å². The molecule has 0 bridgehead atoms. The lowest BCUT2D eigenvalue weighted by molar-refractivity contribution is 0.0948. The maximum absolute atomic E-state index is 12.6. The fourth-order valence-electron chi connectivity index (χ4n) is 4.04. The lowest BCUT2D eigenvalue weighted by atomic mass is 9.77. The van der Waals surface area contributed by atoms with Gasteiger partial charge in [-0.15, -0.1) is 0 Å². The molecule has 4 heteroatoms. The lowest BCUT2D eigenvalue weighted by Crippen LogP contribution is -2.39. The number of phenols is 1. The van der Waals surface area contributed by atoms with Crippen molar-refractivity contribution >= 4 is 11.5 Å². The normalized spacial score (nSPS) is 20.0. The van der Waals surface area contributed by atoms with E-state index >= 15 is 0 Å². The summed E-state index contributed by atoms with van der Waals surface area (Å²) >= 11 is 0. The SMILES string of the molecule is C/C(CN(C)C)=C(\c1ccccc1C)C1(C)NC(=O)c2ccc(O)cc21. The highest BCUT2D eigenvalue weighted by atomic mass is 16.3. The highest BCUT2D eigenvalue weighted by Crippen LogP contribution is 2.45. The van der Waals surface area contributed by atoms with Gasteiger partial charge in [-0.3, -0.25) is 4.79 Å². The zero-order valence-corrected chi connectivity index (χ0v) is 16.1. The topological polar surface area (TPSA) is 52.6 Å². The molecule has 0 fully saturated rings. The van der Waals surface area contributed by atoms with Crippen molar-refractivity contribution < 1.29 is 9.90 Å². The number of nitrogens with one attached hydrogen (secondary N) is 1. The second kappa shape index (κ2) is 6.61. The van der Waals surface area contributed by atoms with Crippen molar-refractivity contribution in [2.24, 2.45) is 0 Å². The number of phenolic OH excluding ortho intramolecular Hbond substituents is 1. The number of nitrogens with zero attached hydrogens (tertiary/aromatic N) is 1. The number of hydrogen-bond donors (Lipinski definition) is 2. The Kier molecular flexibility index (Phi) is 4.63. The molecule has 0 aromatic heterocycles. The molecule has 1 atom stereocenters. The first-order valence-electron chi connectivity index (χ1n) is 8.81. The van der Waals surface area contributed by atoms with Crippen molar-refractivity contribution in [1.82, 2.24) is 10.2 Å². The van der Waals surface area contributed by atoms with E-state index in [1.165, 1.54) is 5.57 Å². The largest absolute Gasteiger partial charge is 0.508 e. The van der Waals surface area contributed by atoms with E-state index in [2.05, 4.69) is 36.2 Å². The van der Waals surface area contributed by atoms with Crippen LogP contribution in [-0.4, -0.2) is 36.6 Å². The van der Waals surface area contributed by atoms with Crippen LogP contribution < -0.4 is 5.32 Å². The van der Waals surface area contributed by atoms with E-state index in [0.717, 1.165) is 28.8 Å². The van der Waals surface area contributed by atoms with Crippen LogP contribution in [0.5, 0.6) is 5.75 Å². The van der Waals surface area contributed by atoms with E-state index in [-0.39, 0.29) is 11.7 Å². The van der Waals surface area contributed by atoms with Gasteiger partial charge in [-0.05, 0) is 75.3 Å². The molecule has 3 rings (SSSR count). The van der Waals surface area contributed by atoms with Crippen LogP contribution in [0.25, 0.3) is 5.57 Å². The molecule has 1 heterocycles. The van der Waals surface area contributed by atoms with Crippen LogP contribution >= 0.6 is 0 Å². The first kappa shape index (κ1) is 18.2. The number of hydrogen-bond acceptors (Lipinski definition) is 3. The molecule has 1 aliphatic heterocycles. The van der Waals surface area contributed by atoms with Gasteiger partial charge in [-0.1, -0.05) is 29.8 Å². The van der Waals surface area contributed by atoms with Crippen LogP contribution in [0.3, 0.4) is 0 Å². The quantitative estimate of drug-likeness (QED) is 0.884. The van der Waals surface area contributed by atoms with Crippen LogP contribution in [0.2, 0.25) is 0 Å². The Morgan fingerprint density at radius 3 is 2.54 bits per heavy atom. The molecule has 4 nitrogen and oxygen atoms in total. The Morgan fingerprint density at radius 1 is 1.19 bits per heavy atom. The molecule has 2 aromatic rings. The van der Waals surface area contributed by atoms with Gasteiger partial charge in [0.2, 0.25) is 0 Å². The van der Waals surface area contributed by atoms with E-state index in [1.807, 2.05) is 33.2 Å². The van der Waals surface area contributed by atoms with Gasteiger partial charge >= 0.3 is 0 Å². The molecule has 0 spiro atoms. The molecule has 0 saturated heterocycles. The third-order valence-corrected chi connectivity index (χ3v) is 5.04. The van der Waals surface area contributed by atoms with E-state index in [4.69, 9.17) is 0 Å². The third kappa shape index (κ3) is 3.01. The van der Waals surface area contributed by atoms with Gasteiger partial charge in [-0.25, -0.2) is 0 Å². The number of likely N-dealkylation sites (N-methyl/N-ethyl adjacent to an activating group) is 1. The highest BCUT2D eigenvalue weighted by Gasteiger charge is 2.43. The third-order valence-electron chi connectivity index (χ3n) is 5.04. The minimum absolute atomic E-state index is 0.105. The minimum Gasteiger partial charge on any atom is -0.508 e. The van der Waals surface area contributed by atoms with Gasteiger partial charge in [0.15, 0.2) is 0 Å². The summed E-state index contributed by atoms with van der Waals surface area (Å²) in [6.07, 6.45) is 0. The number of aromatic hydroxyl groups is 1. The second-order valence-electron chi connectivity index (χ2n) is 7.52. The Bertz CT molecular complexity index is 899. The maximum Gasteiger partial charge on any atom is 0.252 e. The van der Waals surface area contributed by atoms with Gasteiger partial charge in [0.05, 0.1) is 5.54 Å². The molecule has 2 aromatic carbocycles. The summed E-state index contributed by atoms with van der Waals surface area (Å²) in [7, 11) is 4.07. The first-order valence-corrected chi connectivity index (χ1v) is 8.81. The van der Waals surface area contributed by atoms with Crippen LogP contribution in [0.15, 0.2) is 48.0 Å². The predicted molar refractivity (Wildman–Crippen MR) is 105 cm³/mol. The number of carbonyl (C=O) groups excluding carboxylic acids is 1. The Balaban J connectivity index is 2.29. The average Bonchev–Trinajstić information content (AvgIpc) is 2.80. The van der Waals surface area contributed by atoms with Crippen molar-refractivity contribution in [3.8, 4) is 5.75 Å². The van der Waals surface area contributed by atoms with Crippen molar-refractivity contribution in [3.05, 3.63) is 70.3 Å². The molecule has 1 amide bonds. The van der Waals surface area contributed by atoms with E-state index in [0.29, 0.717) is 5.56 Å². The molecule has 2 N–H and O–H groups in total. The van der Waals surface area contributed by atoms with Crippen molar-refractivity contribution in [2.75, 3.05) is 20.6 Å². The summed E-state index contributed by atoms with van der Waals surface area (Å²) in [6, 6.07) is 13.2. The standard InChI is InChI=1S/C22H26N2O2/c1-14-8-6-7-9-17(14)20(15(2)13-24(4)5)22(3)19-12-16(25)10-11-18(19)21(26)23-22/h6-12,25H,13H2,1-5H3,(H,23,26)/b20-15-.